The van der Waals surface area contributed by atoms with Gasteiger partial charge in [-0.2, -0.15) is 5.10 Å². The number of hydrogen-bond donors (Lipinski definition) is 1. The van der Waals surface area contributed by atoms with Crippen LogP contribution in [0, 0.1) is 0 Å². The highest BCUT2D eigenvalue weighted by Crippen LogP contribution is 2.25. The van der Waals surface area contributed by atoms with Crippen LogP contribution in [0.3, 0.4) is 0 Å². The van der Waals surface area contributed by atoms with Crippen LogP contribution < -0.4 is 4.74 Å². The van der Waals surface area contributed by atoms with Crippen molar-refractivity contribution >= 4 is 16.8 Å². The van der Waals surface area contributed by atoms with Crippen molar-refractivity contribution in [3.63, 3.8) is 0 Å². The van der Waals surface area contributed by atoms with E-state index in [4.69, 9.17) is 4.74 Å². The Morgan fingerprint density at radius 3 is 2.64 bits per heavy atom. The van der Waals surface area contributed by atoms with E-state index in [1.807, 2.05) is 62.5 Å². The topological polar surface area (TPSA) is 76.0 Å². The number of fused-ring (bicyclic) bond motifs is 1. The third-order valence-electron chi connectivity index (χ3n) is 5.02. The molecule has 0 aliphatic rings. The number of aromatic amines is 1. The molecule has 2 heterocycles. The van der Waals surface area contributed by atoms with Crippen molar-refractivity contribution in [2.24, 2.45) is 0 Å². The average Bonchev–Trinajstić information content (AvgIpc) is 3.41. The van der Waals surface area contributed by atoms with Crippen molar-refractivity contribution < 1.29 is 9.53 Å². The Bertz CT molecular complexity index is 1100. The second-order valence-corrected chi connectivity index (χ2v) is 6.66. The monoisotopic (exact) mass is 375 g/mol. The molecule has 4 aromatic rings. The van der Waals surface area contributed by atoms with Gasteiger partial charge in [-0.05, 0) is 42.8 Å². The van der Waals surface area contributed by atoms with Crippen LogP contribution in [0.2, 0.25) is 0 Å². The zero-order valence-corrected chi connectivity index (χ0v) is 16.0. The van der Waals surface area contributed by atoms with E-state index >= 15 is 0 Å². The minimum atomic E-state index is -0.0850. The summed E-state index contributed by atoms with van der Waals surface area (Å²) < 4.78 is 6.94. The molecule has 7 heteroatoms. The fourth-order valence-corrected chi connectivity index (χ4v) is 3.18. The van der Waals surface area contributed by atoms with E-state index in [2.05, 4.69) is 15.1 Å². The molecule has 0 unspecified atom stereocenters. The Labute approximate surface area is 162 Å². The van der Waals surface area contributed by atoms with E-state index in [0.717, 1.165) is 27.9 Å². The average molecular weight is 375 g/mol. The van der Waals surface area contributed by atoms with Crippen LogP contribution in [-0.4, -0.2) is 44.7 Å². The molecule has 28 heavy (non-hydrogen) atoms. The lowest BCUT2D eigenvalue weighted by Crippen LogP contribution is -2.29. The van der Waals surface area contributed by atoms with Gasteiger partial charge in [-0.15, -0.1) is 0 Å². The van der Waals surface area contributed by atoms with Gasteiger partial charge >= 0.3 is 0 Å². The first-order chi connectivity index (χ1) is 13.6. The molecule has 0 aliphatic carbocycles. The highest BCUT2D eigenvalue weighted by Gasteiger charge is 2.20. The van der Waals surface area contributed by atoms with Crippen LogP contribution in [0.5, 0.6) is 5.75 Å². The molecule has 0 aliphatic heterocycles. The van der Waals surface area contributed by atoms with Gasteiger partial charge in [0.05, 0.1) is 18.8 Å². The lowest BCUT2D eigenvalue weighted by atomic mass is 10.1. The predicted molar refractivity (Wildman–Crippen MR) is 107 cm³/mol. The molecule has 1 atom stereocenters. The zero-order valence-electron chi connectivity index (χ0n) is 16.0. The van der Waals surface area contributed by atoms with Crippen molar-refractivity contribution in [3.8, 4) is 11.4 Å². The molecule has 0 saturated heterocycles. The van der Waals surface area contributed by atoms with E-state index in [1.54, 1.807) is 23.0 Å². The zero-order chi connectivity index (χ0) is 19.7. The number of carbonyl (C=O) groups is 1. The van der Waals surface area contributed by atoms with Crippen molar-refractivity contribution in [1.82, 2.24) is 24.6 Å². The van der Waals surface area contributed by atoms with E-state index in [9.17, 15) is 4.79 Å². The van der Waals surface area contributed by atoms with Gasteiger partial charge in [0.1, 0.15) is 24.1 Å². The number of aromatic nitrogens is 4. The number of H-pyrrole nitrogens is 1. The summed E-state index contributed by atoms with van der Waals surface area (Å²) in [4.78, 5) is 21.9. The number of carbonyl (C=O) groups excluding carboxylic acids is 1. The first kappa shape index (κ1) is 17.8. The van der Waals surface area contributed by atoms with Gasteiger partial charge in [-0.1, -0.05) is 12.1 Å². The largest absolute Gasteiger partial charge is 0.497 e. The molecule has 0 spiro atoms. The summed E-state index contributed by atoms with van der Waals surface area (Å²) in [6.07, 6.45) is 3.15. The molecule has 142 valence electrons. The van der Waals surface area contributed by atoms with Crippen molar-refractivity contribution in [1.29, 1.82) is 0 Å². The standard InChI is InChI=1S/C21H21N5O2/c1-14(15-4-7-17(8-5-15)26-13-22-12-23-26)25(2)21(27)20-10-16-6-9-18(28-3)11-19(16)24-20/h4-14,24H,1-3H3/t14-/m1/s1. The summed E-state index contributed by atoms with van der Waals surface area (Å²) in [5.74, 6) is 0.686. The number of ether oxygens (including phenoxy) is 1. The first-order valence-electron chi connectivity index (χ1n) is 8.95. The maximum Gasteiger partial charge on any atom is 0.270 e. The summed E-state index contributed by atoms with van der Waals surface area (Å²) in [7, 11) is 3.43. The van der Waals surface area contributed by atoms with Gasteiger partial charge in [0.2, 0.25) is 0 Å². The van der Waals surface area contributed by atoms with E-state index < -0.39 is 0 Å². The number of benzene rings is 2. The minimum absolute atomic E-state index is 0.0666. The Kier molecular flexibility index (Phi) is 4.57. The first-order valence-corrected chi connectivity index (χ1v) is 8.95. The normalized spacial score (nSPS) is 12.1. The molecular formula is C21H21N5O2. The highest BCUT2D eigenvalue weighted by atomic mass is 16.5. The van der Waals surface area contributed by atoms with Crippen LogP contribution in [0.1, 0.15) is 29.0 Å². The third kappa shape index (κ3) is 3.22. The molecule has 0 fully saturated rings. The maximum atomic E-state index is 13.0. The summed E-state index contributed by atoms with van der Waals surface area (Å²) in [6.45, 7) is 2.01. The number of rotatable bonds is 5. The van der Waals surface area contributed by atoms with Crippen LogP contribution in [0.25, 0.3) is 16.6 Å². The molecule has 1 amide bonds. The Morgan fingerprint density at radius 2 is 1.96 bits per heavy atom. The van der Waals surface area contributed by atoms with Gasteiger partial charge in [0.15, 0.2) is 0 Å². The minimum Gasteiger partial charge on any atom is -0.497 e. The lowest BCUT2D eigenvalue weighted by molar-refractivity contribution is 0.0737. The van der Waals surface area contributed by atoms with E-state index in [-0.39, 0.29) is 11.9 Å². The van der Waals surface area contributed by atoms with Gasteiger partial charge in [0.25, 0.3) is 5.91 Å². The number of hydrogen-bond acceptors (Lipinski definition) is 4. The smallest absolute Gasteiger partial charge is 0.270 e. The molecule has 0 bridgehead atoms. The van der Waals surface area contributed by atoms with Gasteiger partial charge in [0, 0.05) is 24.0 Å². The number of methoxy groups -OCH3 is 1. The van der Waals surface area contributed by atoms with Crippen LogP contribution in [0.15, 0.2) is 61.2 Å². The summed E-state index contributed by atoms with van der Waals surface area (Å²) in [5.41, 5.74) is 3.39. The SMILES string of the molecule is COc1ccc2cc(C(=O)N(C)[C@H](C)c3ccc(-n4cncn4)cc3)[nH]c2c1. The third-order valence-corrected chi connectivity index (χ3v) is 5.02. The number of nitrogens with zero attached hydrogens (tertiary/aromatic N) is 4. The quantitative estimate of drug-likeness (QED) is 0.578. The molecule has 2 aromatic heterocycles. The Hall–Kier alpha value is -3.61. The van der Waals surface area contributed by atoms with Crippen molar-refractivity contribution in [3.05, 3.63) is 72.4 Å². The van der Waals surface area contributed by atoms with Crippen LogP contribution in [-0.2, 0) is 0 Å². The second-order valence-electron chi connectivity index (χ2n) is 6.66. The fraction of sp³-hybridized carbons (Fsp3) is 0.190. The molecule has 4 rings (SSSR count). The molecule has 1 N–H and O–H groups in total. The summed E-state index contributed by atoms with van der Waals surface area (Å²) in [6, 6.07) is 15.4. The molecule has 2 aromatic carbocycles. The maximum absolute atomic E-state index is 13.0. The molecule has 0 saturated carbocycles. The van der Waals surface area contributed by atoms with Gasteiger partial charge < -0.3 is 14.6 Å². The highest BCUT2D eigenvalue weighted by molar-refractivity contribution is 5.98. The van der Waals surface area contributed by atoms with Crippen LogP contribution >= 0.6 is 0 Å². The number of nitrogens with one attached hydrogen (secondary N) is 1. The van der Waals surface area contributed by atoms with Gasteiger partial charge in [-0.3, -0.25) is 4.79 Å². The van der Waals surface area contributed by atoms with Crippen molar-refractivity contribution in [2.45, 2.75) is 13.0 Å². The Balaban J connectivity index is 1.54. The summed E-state index contributed by atoms with van der Waals surface area (Å²) >= 11 is 0. The van der Waals surface area contributed by atoms with E-state index in [1.165, 1.54) is 6.33 Å². The lowest BCUT2D eigenvalue weighted by Gasteiger charge is -2.25. The molecule has 7 nitrogen and oxygen atoms in total. The van der Waals surface area contributed by atoms with Crippen LogP contribution in [0.4, 0.5) is 0 Å². The Morgan fingerprint density at radius 1 is 1.18 bits per heavy atom. The second kappa shape index (κ2) is 7.19. The van der Waals surface area contributed by atoms with E-state index in [0.29, 0.717) is 5.69 Å². The summed E-state index contributed by atoms with van der Waals surface area (Å²) in [5, 5.41) is 5.10. The van der Waals surface area contributed by atoms with Crippen molar-refractivity contribution in [2.75, 3.05) is 14.2 Å². The number of amides is 1. The predicted octanol–water partition coefficient (Wildman–Crippen LogP) is 3.59. The van der Waals surface area contributed by atoms with Gasteiger partial charge in [-0.25, -0.2) is 9.67 Å². The fourth-order valence-electron chi connectivity index (χ4n) is 3.18. The molecule has 0 radical (unpaired) electrons. The molecular weight excluding hydrogens is 354 g/mol.